The van der Waals surface area contributed by atoms with E-state index in [0.717, 1.165) is 0 Å². The van der Waals surface area contributed by atoms with Crippen molar-refractivity contribution in [1.29, 1.82) is 0 Å². The third kappa shape index (κ3) is 5.85. The minimum atomic E-state index is -0.420. The molecule has 1 heterocycles. The second-order valence-electron chi connectivity index (χ2n) is 8.57. The lowest BCUT2D eigenvalue weighted by Gasteiger charge is -2.37. The number of piperazine rings is 1. The molecule has 0 unspecified atom stereocenters. The lowest BCUT2D eigenvalue weighted by atomic mass is 9.94. The van der Waals surface area contributed by atoms with Gasteiger partial charge in [0.25, 0.3) is 5.91 Å². The minimum Gasteiger partial charge on any atom is -0.484 e. The molecule has 0 saturated carbocycles. The van der Waals surface area contributed by atoms with Gasteiger partial charge in [-0.05, 0) is 48.5 Å². The Hall–Kier alpha value is -2.86. The summed E-state index contributed by atoms with van der Waals surface area (Å²) in [6.45, 7) is 7.67. The molecule has 31 heavy (non-hydrogen) atoms. The highest BCUT2D eigenvalue weighted by atomic mass is 35.5. The molecule has 164 valence electrons. The Kier molecular flexibility index (Phi) is 7.01. The first-order valence-corrected chi connectivity index (χ1v) is 10.6. The maximum atomic E-state index is 12.5. The van der Waals surface area contributed by atoms with Crippen LogP contribution in [-0.4, -0.2) is 60.2 Å². The number of benzene rings is 2. The first kappa shape index (κ1) is 22.8. The predicted molar refractivity (Wildman–Crippen MR) is 119 cm³/mol. The number of ether oxygens (including phenoxy) is 1. The van der Waals surface area contributed by atoms with Gasteiger partial charge in [-0.1, -0.05) is 32.4 Å². The highest BCUT2D eigenvalue weighted by molar-refractivity contribution is 6.30. The standard InChI is InChI=1S/C24H27ClN2O4/c1-24(2,3)23(30)27-14-12-26(13-15-27)21(28)16-31-20-10-6-18(7-11-20)22(29)17-4-8-19(25)9-5-17/h4-11H,12-16H2,1-3H3. The zero-order valence-corrected chi connectivity index (χ0v) is 18.8. The Morgan fingerprint density at radius 3 is 1.84 bits per heavy atom. The largest absolute Gasteiger partial charge is 0.484 e. The molecule has 0 atom stereocenters. The van der Waals surface area contributed by atoms with Crippen molar-refractivity contribution in [3.8, 4) is 5.75 Å². The van der Waals surface area contributed by atoms with Crippen LogP contribution in [-0.2, 0) is 9.59 Å². The molecule has 2 amide bonds. The van der Waals surface area contributed by atoms with E-state index < -0.39 is 5.41 Å². The van der Waals surface area contributed by atoms with Crippen LogP contribution in [0.4, 0.5) is 0 Å². The van der Waals surface area contributed by atoms with Gasteiger partial charge < -0.3 is 14.5 Å². The van der Waals surface area contributed by atoms with Crippen LogP contribution >= 0.6 is 11.6 Å². The number of nitrogens with zero attached hydrogens (tertiary/aromatic N) is 2. The third-order valence-electron chi connectivity index (χ3n) is 5.15. The van der Waals surface area contributed by atoms with Gasteiger partial charge in [0.2, 0.25) is 5.91 Å². The first-order chi connectivity index (χ1) is 14.6. The van der Waals surface area contributed by atoms with Crippen LogP contribution in [0.25, 0.3) is 0 Å². The molecule has 0 radical (unpaired) electrons. The van der Waals surface area contributed by atoms with Crippen molar-refractivity contribution in [1.82, 2.24) is 9.80 Å². The minimum absolute atomic E-state index is 0.0856. The zero-order chi connectivity index (χ0) is 22.6. The number of hydrogen-bond acceptors (Lipinski definition) is 4. The molecule has 1 aliphatic heterocycles. The molecule has 6 nitrogen and oxygen atoms in total. The first-order valence-electron chi connectivity index (χ1n) is 10.3. The highest BCUT2D eigenvalue weighted by Crippen LogP contribution is 2.19. The Bertz CT molecular complexity index is 941. The van der Waals surface area contributed by atoms with E-state index in [1.807, 2.05) is 20.8 Å². The van der Waals surface area contributed by atoms with Crippen molar-refractivity contribution < 1.29 is 19.1 Å². The van der Waals surface area contributed by atoms with Crippen LogP contribution in [0.2, 0.25) is 5.02 Å². The Balaban J connectivity index is 1.49. The van der Waals surface area contributed by atoms with E-state index in [9.17, 15) is 14.4 Å². The van der Waals surface area contributed by atoms with Crippen molar-refractivity contribution in [3.63, 3.8) is 0 Å². The molecule has 0 N–H and O–H groups in total. The summed E-state index contributed by atoms with van der Waals surface area (Å²) in [4.78, 5) is 40.8. The van der Waals surface area contributed by atoms with E-state index in [2.05, 4.69) is 0 Å². The van der Waals surface area contributed by atoms with Gasteiger partial charge in [0.15, 0.2) is 12.4 Å². The lowest BCUT2D eigenvalue weighted by molar-refractivity contribution is -0.145. The van der Waals surface area contributed by atoms with E-state index in [1.165, 1.54) is 0 Å². The average molecular weight is 443 g/mol. The van der Waals surface area contributed by atoms with Gasteiger partial charge in [0, 0.05) is 47.7 Å². The van der Waals surface area contributed by atoms with E-state index in [4.69, 9.17) is 16.3 Å². The van der Waals surface area contributed by atoms with Crippen molar-refractivity contribution in [2.45, 2.75) is 20.8 Å². The molecule has 2 aromatic rings. The molecule has 3 rings (SSSR count). The van der Waals surface area contributed by atoms with Gasteiger partial charge >= 0.3 is 0 Å². The Labute approximate surface area is 187 Å². The zero-order valence-electron chi connectivity index (χ0n) is 18.1. The summed E-state index contributed by atoms with van der Waals surface area (Å²) in [6.07, 6.45) is 0. The summed E-state index contributed by atoms with van der Waals surface area (Å²) in [7, 11) is 0. The van der Waals surface area contributed by atoms with Crippen molar-refractivity contribution >= 4 is 29.2 Å². The quantitative estimate of drug-likeness (QED) is 0.662. The number of amides is 2. The van der Waals surface area contributed by atoms with Crippen LogP contribution in [0.1, 0.15) is 36.7 Å². The predicted octanol–water partition coefficient (Wildman–Crippen LogP) is 3.67. The molecule has 0 bridgehead atoms. The van der Waals surface area contributed by atoms with E-state index in [-0.39, 0.29) is 24.2 Å². The Morgan fingerprint density at radius 1 is 0.839 bits per heavy atom. The fraction of sp³-hybridized carbons (Fsp3) is 0.375. The van der Waals surface area contributed by atoms with Gasteiger partial charge in [-0.15, -0.1) is 0 Å². The van der Waals surface area contributed by atoms with E-state index >= 15 is 0 Å². The summed E-state index contributed by atoms with van der Waals surface area (Å²) in [5.41, 5.74) is 0.661. The van der Waals surface area contributed by atoms with Crippen molar-refractivity contribution in [2.75, 3.05) is 32.8 Å². The summed E-state index contributed by atoms with van der Waals surface area (Å²) in [6, 6.07) is 13.4. The molecule has 7 heteroatoms. The number of hydrogen-bond donors (Lipinski definition) is 0. The van der Waals surface area contributed by atoms with E-state index in [1.54, 1.807) is 58.3 Å². The van der Waals surface area contributed by atoms with Crippen molar-refractivity contribution in [3.05, 3.63) is 64.7 Å². The van der Waals surface area contributed by atoms with Gasteiger partial charge in [0.1, 0.15) is 5.75 Å². The molecule has 2 aromatic carbocycles. The molecule has 1 aliphatic rings. The lowest BCUT2D eigenvalue weighted by Crippen LogP contribution is -2.53. The van der Waals surface area contributed by atoms with Crippen LogP contribution in [0, 0.1) is 5.41 Å². The number of carbonyl (C=O) groups excluding carboxylic acids is 3. The topological polar surface area (TPSA) is 66.9 Å². The van der Waals surface area contributed by atoms with Gasteiger partial charge in [-0.3, -0.25) is 14.4 Å². The number of carbonyl (C=O) groups is 3. The maximum absolute atomic E-state index is 12.5. The fourth-order valence-corrected chi connectivity index (χ4v) is 3.47. The molecule has 0 aliphatic carbocycles. The third-order valence-corrected chi connectivity index (χ3v) is 5.40. The molecule has 1 fully saturated rings. The van der Waals surface area contributed by atoms with Crippen LogP contribution in [0.3, 0.4) is 0 Å². The molecular formula is C24H27ClN2O4. The summed E-state index contributed by atoms with van der Waals surface area (Å²) in [5, 5.41) is 0.576. The molecular weight excluding hydrogens is 416 g/mol. The SMILES string of the molecule is CC(C)(C)C(=O)N1CCN(C(=O)COc2ccc(C(=O)c3ccc(Cl)cc3)cc2)CC1. The van der Waals surface area contributed by atoms with Crippen LogP contribution < -0.4 is 4.74 Å². The fourth-order valence-electron chi connectivity index (χ4n) is 3.34. The van der Waals surface area contributed by atoms with Crippen LogP contribution in [0.15, 0.2) is 48.5 Å². The number of ketones is 1. The van der Waals surface area contributed by atoms with Crippen molar-refractivity contribution in [2.24, 2.45) is 5.41 Å². The van der Waals surface area contributed by atoms with Gasteiger partial charge in [-0.2, -0.15) is 0 Å². The number of rotatable bonds is 5. The number of halogens is 1. The highest BCUT2D eigenvalue weighted by Gasteiger charge is 2.30. The molecule has 0 aromatic heterocycles. The molecule has 0 spiro atoms. The van der Waals surface area contributed by atoms with E-state index in [0.29, 0.717) is 48.1 Å². The smallest absolute Gasteiger partial charge is 0.260 e. The van der Waals surface area contributed by atoms with Gasteiger partial charge in [-0.25, -0.2) is 0 Å². The van der Waals surface area contributed by atoms with Crippen LogP contribution in [0.5, 0.6) is 5.75 Å². The summed E-state index contributed by atoms with van der Waals surface area (Å²) < 4.78 is 5.61. The monoisotopic (exact) mass is 442 g/mol. The normalized spacial score (nSPS) is 14.3. The Morgan fingerprint density at radius 2 is 1.32 bits per heavy atom. The summed E-state index contributed by atoms with van der Waals surface area (Å²) in [5.74, 6) is 0.387. The molecule has 1 saturated heterocycles. The van der Waals surface area contributed by atoms with Gasteiger partial charge in [0.05, 0.1) is 0 Å². The maximum Gasteiger partial charge on any atom is 0.260 e. The second-order valence-corrected chi connectivity index (χ2v) is 9.01. The second kappa shape index (κ2) is 9.52. The summed E-state index contributed by atoms with van der Waals surface area (Å²) >= 11 is 5.86. The average Bonchev–Trinajstić information content (AvgIpc) is 2.77.